The fourth-order valence-electron chi connectivity index (χ4n) is 3.98. The Balaban J connectivity index is 1.49. The van der Waals surface area contributed by atoms with E-state index in [1.165, 1.54) is 25.7 Å². The van der Waals surface area contributed by atoms with Gasteiger partial charge in [0.25, 0.3) is 0 Å². The van der Waals surface area contributed by atoms with Crippen LogP contribution in [0.15, 0.2) is 22.7 Å². The van der Waals surface area contributed by atoms with Crippen molar-refractivity contribution in [3.8, 4) is 0 Å². The zero-order valence-corrected chi connectivity index (χ0v) is 16.3. The largest absolute Gasteiger partial charge is 0.479 e. The Hall–Kier alpha value is -1.92. The van der Waals surface area contributed by atoms with Crippen LogP contribution < -0.4 is 5.73 Å². The van der Waals surface area contributed by atoms with Crippen LogP contribution in [0.2, 0.25) is 0 Å². The van der Waals surface area contributed by atoms with Crippen LogP contribution in [0.3, 0.4) is 0 Å². The smallest absolute Gasteiger partial charge is 0.337 e. The van der Waals surface area contributed by atoms with Crippen LogP contribution in [-0.4, -0.2) is 32.8 Å². The molecule has 4 rings (SSSR count). The molecule has 2 atom stereocenters. The Morgan fingerprint density at radius 2 is 2.00 bits per heavy atom. The number of carboxylic acid groups (broad SMARTS) is 1. The SMILES string of the molecule is N[C@@H](CCCC1CC1)C(O)(Cc1nccc2oc(CCC3CC3)cc12)C(=O)O. The summed E-state index contributed by atoms with van der Waals surface area (Å²) in [5.74, 6) is 1.18. The first kappa shape index (κ1) is 19.4. The lowest BCUT2D eigenvalue weighted by Crippen LogP contribution is -2.55. The Morgan fingerprint density at radius 3 is 2.68 bits per heavy atom. The second-order valence-corrected chi connectivity index (χ2v) is 8.75. The molecule has 0 radical (unpaired) electrons. The predicted octanol–water partition coefficient (Wildman–Crippen LogP) is 3.44. The lowest BCUT2D eigenvalue weighted by Gasteiger charge is -2.29. The van der Waals surface area contributed by atoms with E-state index < -0.39 is 17.6 Å². The minimum atomic E-state index is -2.03. The van der Waals surface area contributed by atoms with E-state index in [2.05, 4.69) is 4.98 Å². The number of hydrogen-bond donors (Lipinski definition) is 3. The topological polar surface area (TPSA) is 110 Å². The Kier molecular flexibility index (Phi) is 5.43. The van der Waals surface area contributed by atoms with Crippen molar-refractivity contribution >= 4 is 16.9 Å². The third-order valence-corrected chi connectivity index (χ3v) is 6.32. The Labute approximate surface area is 165 Å². The average molecular weight is 386 g/mol. The van der Waals surface area contributed by atoms with Gasteiger partial charge in [-0.3, -0.25) is 4.98 Å². The van der Waals surface area contributed by atoms with E-state index in [1.807, 2.05) is 6.07 Å². The van der Waals surface area contributed by atoms with E-state index in [4.69, 9.17) is 10.2 Å². The molecule has 0 spiro atoms. The summed E-state index contributed by atoms with van der Waals surface area (Å²) in [7, 11) is 0. The third-order valence-electron chi connectivity index (χ3n) is 6.32. The molecule has 0 aliphatic heterocycles. The van der Waals surface area contributed by atoms with Crippen LogP contribution in [0.5, 0.6) is 0 Å². The van der Waals surface area contributed by atoms with Gasteiger partial charge in [-0.05, 0) is 36.8 Å². The maximum absolute atomic E-state index is 11.9. The van der Waals surface area contributed by atoms with Crippen LogP contribution in [-0.2, 0) is 17.6 Å². The molecular weight excluding hydrogens is 356 g/mol. The first-order valence-corrected chi connectivity index (χ1v) is 10.5. The van der Waals surface area contributed by atoms with E-state index >= 15 is 0 Å². The van der Waals surface area contributed by atoms with Gasteiger partial charge in [-0.2, -0.15) is 0 Å². The molecule has 2 aliphatic carbocycles. The minimum absolute atomic E-state index is 0.119. The molecular formula is C22H30N2O4. The normalized spacial score (nSPS) is 20.2. The molecule has 6 nitrogen and oxygen atoms in total. The minimum Gasteiger partial charge on any atom is -0.479 e. The van der Waals surface area contributed by atoms with Crippen molar-refractivity contribution < 1.29 is 19.4 Å². The van der Waals surface area contributed by atoms with Crippen LogP contribution in [0.4, 0.5) is 0 Å². The molecule has 2 heterocycles. The summed E-state index contributed by atoms with van der Waals surface area (Å²) in [6, 6.07) is 2.90. The number of aliphatic carboxylic acids is 1. The maximum Gasteiger partial charge on any atom is 0.337 e. The summed E-state index contributed by atoms with van der Waals surface area (Å²) in [4.78, 5) is 16.3. The molecule has 2 aromatic heterocycles. The van der Waals surface area contributed by atoms with Crippen LogP contribution in [0, 0.1) is 11.8 Å². The lowest BCUT2D eigenvalue weighted by atomic mass is 9.85. The van der Waals surface area contributed by atoms with Crippen molar-refractivity contribution in [2.75, 3.05) is 0 Å². The van der Waals surface area contributed by atoms with Gasteiger partial charge >= 0.3 is 5.97 Å². The number of pyridine rings is 1. The van der Waals surface area contributed by atoms with Gasteiger partial charge in [-0.1, -0.05) is 38.5 Å². The zero-order valence-electron chi connectivity index (χ0n) is 16.3. The van der Waals surface area contributed by atoms with Crippen molar-refractivity contribution in [3.05, 3.63) is 29.8 Å². The van der Waals surface area contributed by atoms with E-state index in [1.54, 1.807) is 12.3 Å². The highest BCUT2D eigenvalue weighted by Gasteiger charge is 2.43. The van der Waals surface area contributed by atoms with Gasteiger partial charge in [0.15, 0.2) is 5.60 Å². The number of nitrogens with two attached hydrogens (primary N) is 1. The fraction of sp³-hybridized carbons (Fsp3) is 0.636. The summed E-state index contributed by atoms with van der Waals surface area (Å²) < 4.78 is 5.92. The highest BCUT2D eigenvalue weighted by molar-refractivity contribution is 5.83. The van der Waals surface area contributed by atoms with Crippen molar-refractivity contribution in [1.29, 1.82) is 0 Å². The number of carboxylic acids is 1. The van der Waals surface area contributed by atoms with Crippen LogP contribution >= 0.6 is 0 Å². The standard InChI is InChI=1S/C22H30N2O4/c23-20(3-1-2-14-4-5-14)22(27,21(25)26)13-18-17-12-16(9-8-15-6-7-15)28-19(17)10-11-24-18/h10-12,14-15,20,27H,1-9,13,23H2,(H,25,26)/t20-,22?/m0/s1. The quantitative estimate of drug-likeness (QED) is 0.546. The number of carbonyl (C=O) groups is 1. The van der Waals surface area contributed by atoms with E-state index in [9.17, 15) is 15.0 Å². The fourth-order valence-corrected chi connectivity index (χ4v) is 3.98. The lowest BCUT2D eigenvalue weighted by molar-refractivity contribution is -0.161. The molecule has 152 valence electrons. The number of aromatic nitrogens is 1. The van der Waals surface area contributed by atoms with Gasteiger partial charge in [0.1, 0.15) is 11.3 Å². The van der Waals surface area contributed by atoms with Gasteiger partial charge < -0.3 is 20.4 Å². The van der Waals surface area contributed by atoms with Crippen molar-refractivity contribution in [1.82, 2.24) is 4.98 Å². The molecule has 2 fully saturated rings. The van der Waals surface area contributed by atoms with E-state index in [-0.39, 0.29) is 6.42 Å². The molecule has 0 amide bonds. The van der Waals surface area contributed by atoms with E-state index in [0.29, 0.717) is 17.7 Å². The summed E-state index contributed by atoms with van der Waals surface area (Å²) in [6.07, 6.45) is 11.0. The number of rotatable bonds is 11. The second kappa shape index (κ2) is 7.84. The Morgan fingerprint density at radius 1 is 1.29 bits per heavy atom. The highest BCUT2D eigenvalue weighted by Crippen LogP contribution is 2.36. The molecule has 0 bridgehead atoms. The molecule has 0 aromatic carbocycles. The molecule has 4 N–H and O–H groups in total. The number of fused-ring (bicyclic) bond motifs is 1. The summed E-state index contributed by atoms with van der Waals surface area (Å²) >= 11 is 0. The molecule has 28 heavy (non-hydrogen) atoms. The molecule has 2 aromatic rings. The number of hydrogen-bond acceptors (Lipinski definition) is 5. The average Bonchev–Trinajstić information content (AvgIpc) is 3.59. The number of aryl methyl sites for hydroxylation is 1. The number of furan rings is 1. The van der Waals surface area contributed by atoms with Gasteiger partial charge in [0, 0.05) is 30.5 Å². The number of aliphatic hydroxyl groups is 1. The monoisotopic (exact) mass is 386 g/mol. The number of nitrogens with zero attached hydrogens (tertiary/aromatic N) is 1. The maximum atomic E-state index is 11.9. The van der Waals surface area contributed by atoms with E-state index in [0.717, 1.165) is 48.7 Å². The predicted molar refractivity (Wildman–Crippen MR) is 106 cm³/mol. The third kappa shape index (κ3) is 4.39. The molecule has 2 saturated carbocycles. The first-order valence-electron chi connectivity index (χ1n) is 10.5. The molecule has 6 heteroatoms. The van der Waals surface area contributed by atoms with Gasteiger partial charge in [-0.25, -0.2) is 4.79 Å². The Bertz CT molecular complexity index is 840. The first-order chi connectivity index (χ1) is 13.5. The summed E-state index contributed by atoms with van der Waals surface area (Å²) in [5.41, 5.74) is 5.35. The van der Waals surface area contributed by atoms with Crippen molar-refractivity contribution in [2.45, 2.75) is 75.9 Å². The summed E-state index contributed by atoms with van der Waals surface area (Å²) in [5, 5.41) is 21.5. The van der Waals surface area contributed by atoms with Crippen LogP contribution in [0.1, 0.15) is 62.8 Å². The van der Waals surface area contributed by atoms with Gasteiger partial charge in [0.2, 0.25) is 0 Å². The molecule has 2 aliphatic rings. The van der Waals surface area contributed by atoms with Gasteiger partial charge in [0.05, 0.1) is 5.69 Å². The highest BCUT2D eigenvalue weighted by atomic mass is 16.4. The van der Waals surface area contributed by atoms with Crippen LogP contribution in [0.25, 0.3) is 11.0 Å². The molecule has 1 unspecified atom stereocenters. The van der Waals surface area contributed by atoms with Crippen molar-refractivity contribution in [3.63, 3.8) is 0 Å². The molecule has 0 saturated heterocycles. The van der Waals surface area contributed by atoms with Crippen molar-refractivity contribution in [2.24, 2.45) is 17.6 Å². The second-order valence-electron chi connectivity index (χ2n) is 8.75. The van der Waals surface area contributed by atoms with Gasteiger partial charge in [-0.15, -0.1) is 0 Å². The summed E-state index contributed by atoms with van der Waals surface area (Å²) in [6.45, 7) is 0. The zero-order chi connectivity index (χ0) is 19.7.